The van der Waals surface area contributed by atoms with Gasteiger partial charge in [0.2, 0.25) is 0 Å². The van der Waals surface area contributed by atoms with E-state index in [4.69, 9.17) is 33.2 Å². The molecule has 2 aliphatic rings. The van der Waals surface area contributed by atoms with Gasteiger partial charge in [0.25, 0.3) is 0 Å². The first kappa shape index (κ1) is 71.6. The van der Waals surface area contributed by atoms with E-state index < -0.39 is 11.4 Å². The van der Waals surface area contributed by atoms with Crippen LogP contribution in [0.4, 0.5) is 0 Å². The summed E-state index contributed by atoms with van der Waals surface area (Å²) in [6.45, 7) is 21.8. The van der Waals surface area contributed by atoms with Crippen molar-refractivity contribution in [2.45, 2.75) is 136 Å². The molecule has 10 nitrogen and oxygen atoms in total. The van der Waals surface area contributed by atoms with Gasteiger partial charge >= 0.3 is 17.9 Å². The molecule has 7 aromatic rings. The van der Waals surface area contributed by atoms with Crippen molar-refractivity contribution in [2.75, 3.05) is 39.6 Å². The number of fused-ring (bicyclic) bond motifs is 4. The minimum Gasteiger partial charge on any atom is -0.494 e. The van der Waals surface area contributed by atoms with E-state index in [1.807, 2.05) is 92.7 Å². The van der Waals surface area contributed by atoms with Crippen molar-refractivity contribution in [1.29, 1.82) is 0 Å². The molecule has 0 spiro atoms. The predicted octanol–water partition coefficient (Wildman–Crippen LogP) is 18.6. The minimum atomic E-state index is -0.750. The number of carbonyl (C=O) groups is 3. The second-order valence-electron chi connectivity index (χ2n) is 24.7. The largest absolute Gasteiger partial charge is 0.494 e. The lowest BCUT2D eigenvalue weighted by atomic mass is 9.71. The van der Waals surface area contributed by atoms with Crippen molar-refractivity contribution in [1.82, 2.24) is 0 Å². The molecule has 0 atom stereocenters. The Bertz CT molecular complexity index is 4160. The SMILES string of the molecule is C=CC(=O)OCCCCCCOc1ccc(C#Cc2ccc3c(c2)C(C)(c2cc4cc(OCCCCCCOC(=O)C=C)ccc4cc2C#CC2=C(CC)C=C(C#Cc4ccc(OC(C)C)cc4)CC2)c2cc(C#Cc4ccc(OCCCCCCOC(=O)C=C)cc4)ccc2-3)cc1. The normalized spacial score (nSPS) is 12.3. The number of carbonyl (C=O) groups excluding carboxylic acids is 3. The number of benzene rings is 7. The van der Waals surface area contributed by atoms with Gasteiger partial charge in [-0.3, -0.25) is 0 Å². The summed E-state index contributed by atoms with van der Waals surface area (Å²) >= 11 is 0. The predicted molar refractivity (Wildman–Crippen MR) is 392 cm³/mol. The van der Waals surface area contributed by atoms with Crippen LogP contribution in [0, 0.1) is 47.4 Å². The fraction of sp³-hybridized carbons (Fsp3) is 0.307. The maximum absolute atomic E-state index is 11.5. The Labute approximate surface area is 580 Å². The van der Waals surface area contributed by atoms with Crippen LogP contribution in [0.5, 0.6) is 23.0 Å². The molecule has 0 aromatic heterocycles. The zero-order valence-corrected chi connectivity index (χ0v) is 57.2. The van der Waals surface area contributed by atoms with Crippen molar-refractivity contribution in [3.63, 3.8) is 0 Å². The summed E-state index contributed by atoms with van der Waals surface area (Å²) < 4.78 is 39.9. The molecule has 0 N–H and O–H groups in total. The van der Waals surface area contributed by atoms with Gasteiger partial charge in [-0.1, -0.05) is 92.2 Å². The fourth-order valence-electron chi connectivity index (χ4n) is 11.9. The standard InChI is InChI=1S/C88H88O10/c1-8-71-58-68(27-24-67-35-47-78(48-36-67)98-64(5)6)30-39-72(71)40-41-74-61-73-42-49-79(94-54-20-14-17-23-57-97-87(91)11-4)62-75(73)63-82(74)88(7)83-59-69(28-25-65-31-43-76(44-32-65)92-52-18-12-15-21-55-95-85(89)9-2)37-50-80(83)81-51-38-70(60-84(81)88)29-26-66-33-45-77(46-34-66)93-53-19-13-16-22-56-96-86(90)10-3/h9-11,31-38,42-51,58-64H,2-4,8,12-23,30,39,52-57H2,1,5-7H3. The van der Waals surface area contributed by atoms with Gasteiger partial charge in [-0.15, -0.1) is 0 Å². The number of esters is 3. The van der Waals surface area contributed by atoms with Crippen molar-refractivity contribution in [2.24, 2.45) is 0 Å². The van der Waals surface area contributed by atoms with Crippen LogP contribution >= 0.6 is 0 Å². The van der Waals surface area contributed by atoms with Gasteiger partial charge in [0, 0.05) is 68.2 Å². The maximum atomic E-state index is 11.5. The van der Waals surface area contributed by atoms with E-state index in [0.29, 0.717) is 39.6 Å². The molecule has 0 saturated carbocycles. The summed E-state index contributed by atoms with van der Waals surface area (Å²) in [5.41, 5.74) is 13.5. The molecule has 9 rings (SSSR count). The second-order valence-corrected chi connectivity index (χ2v) is 24.7. The van der Waals surface area contributed by atoms with Crippen LogP contribution in [-0.2, 0) is 34.0 Å². The summed E-state index contributed by atoms with van der Waals surface area (Å²) in [6.07, 6.45) is 19.0. The molecule has 0 radical (unpaired) electrons. The number of hydrogen-bond acceptors (Lipinski definition) is 10. The second kappa shape index (κ2) is 37.0. The van der Waals surface area contributed by atoms with Gasteiger partial charge in [-0.2, -0.15) is 0 Å². The van der Waals surface area contributed by atoms with Crippen molar-refractivity contribution in [3.05, 3.63) is 250 Å². The quantitative estimate of drug-likeness (QED) is 0.0137. The van der Waals surface area contributed by atoms with E-state index >= 15 is 0 Å². The van der Waals surface area contributed by atoms with Crippen LogP contribution < -0.4 is 18.9 Å². The van der Waals surface area contributed by atoms with Gasteiger partial charge in [0.1, 0.15) is 23.0 Å². The van der Waals surface area contributed by atoms with Crippen LogP contribution in [0.1, 0.15) is 174 Å². The van der Waals surface area contributed by atoms with Crippen LogP contribution in [0.15, 0.2) is 200 Å². The number of rotatable bonds is 31. The van der Waals surface area contributed by atoms with Crippen molar-refractivity contribution in [3.8, 4) is 81.5 Å². The number of unbranched alkanes of at least 4 members (excludes halogenated alkanes) is 9. The first-order chi connectivity index (χ1) is 47.8. The Balaban J connectivity index is 1.04. The van der Waals surface area contributed by atoms with Crippen molar-refractivity contribution < 1.29 is 47.5 Å². The lowest BCUT2D eigenvalue weighted by Crippen LogP contribution is -2.24. The Morgan fingerprint density at radius 1 is 0.429 bits per heavy atom. The van der Waals surface area contributed by atoms with Gasteiger partial charge in [-0.25, -0.2) is 14.4 Å². The summed E-state index contributed by atoms with van der Waals surface area (Å²) in [5, 5.41) is 2.08. The molecule has 0 unspecified atom stereocenters. The molecule has 10 heteroatoms. The zero-order chi connectivity index (χ0) is 68.9. The highest BCUT2D eigenvalue weighted by Crippen LogP contribution is 2.54. The summed E-state index contributed by atoms with van der Waals surface area (Å²) in [5.74, 6) is 30.4. The van der Waals surface area contributed by atoms with E-state index in [1.54, 1.807) is 0 Å². The highest BCUT2D eigenvalue weighted by atomic mass is 16.5. The molecule has 98 heavy (non-hydrogen) atoms. The van der Waals surface area contributed by atoms with E-state index in [2.05, 4.69) is 148 Å². The van der Waals surface area contributed by atoms with Gasteiger partial charge in [0.05, 0.1) is 45.7 Å². The molecular formula is C88H88O10. The van der Waals surface area contributed by atoms with Crippen LogP contribution in [0.2, 0.25) is 0 Å². The molecular weight excluding hydrogens is 1220 g/mol. The molecule has 0 saturated heterocycles. The molecule has 0 fully saturated rings. The minimum absolute atomic E-state index is 0.0982. The average molecular weight is 1310 g/mol. The Morgan fingerprint density at radius 2 is 0.847 bits per heavy atom. The van der Waals surface area contributed by atoms with Crippen LogP contribution in [-0.4, -0.2) is 63.7 Å². The van der Waals surface area contributed by atoms with E-state index in [-0.39, 0.29) is 18.0 Å². The van der Waals surface area contributed by atoms with Gasteiger partial charge < -0.3 is 33.2 Å². The first-order valence-electron chi connectivity index (χ1n) is 34.4. The molecule has 500 valence electrons. The third-order valence-electron chi connectivity index (χ3n) is 17.2. The maximum Gasteiger partial charge on any atom is 0.330 e. The number of allylic oxidation sites excluding steroid dienone is 4. The third-order valence-corrected chi connectivity index (χ3v) is 17.2. The third kappa shape index (κ3) is 20.9. The van der Waals surface area contributed by atoms with Crippen LogP contribution in [0.3, 0.4) is 0 Å². The molecule has 2 aliphatic carbocycles. The number of ether oxygens (including phenoxy) is 7. The lowest BCUT2D eigenvalue weighted by Gasteiger charge is -2.30. The van der Waals surface area contributed by atoms with Crippen molar-refractivity contribution >= 4 is 28.7 Å². The smallest absolute Gasteiger partial charge is 0.330 e. The molecule has 7 aromatic carbocycles. The molecule has 0 aliphatic heterocycles. The van der Waals surface area contributed by atoms with E-state index in [0.717, 1.165) is 202 Å². The fourth-order valence-corrected chi connectivity index (χ4v) is 11.9. The molecule has 0 heterocycles. The lowest BCUT2D eigenvalue weighted by molar-refractivity contribution is -0.138. The Hall–Kier alpha value is -10.7. The first-order valence-corrected chi connectivity index (χ1v) is 34.4. The highest BCUT2D eigenvalue weighted by Gasteiger charge is 2.42. The summed E-state index contributed by atoms with van der Waals surface area (Å²) in [4.78, 5) is 34.2. The average Bonchev–Trinajstić information content (AvgIpc) is 1.54. The monoisotopic (exact) mass is 1300 g/mol. The summed E-state index contributed by atoms with van der Waals surface area (Å²) in [6, 6.07) is 47.9. The molecule has 0 bridgehead atoms. The van der Waals surface area contributed by atoms with Crippen LogP contribution in [0.25, 0.3) is 21.9 Å². The topological polar surface area (TPSA) is 116 Å². The summed E-state index contributed by atoms with van der Waals surface area (Å²) in [7, 11) is 0. The highest BCUT2D eigenvalue weighted by molar-refractivity contribution is 5.91. The van der Waals surface area contributed by atoms with E-state index in [1.165, 1.54) is 23.8 Å². The van der Waals surface area contributed by atoms with E-state index in [9.17, 15) is 14.4 Å². The molecule has 0 amide bonds. The zero-order valence-electron chi connectivity index (χ0n) is 57.2. The van der Waals surface area contributed by atoms with Gasteiger partial charge in [0.15, 0.2) is 0 Å². The number of hydrogen-bond donors (Lipinski definition) is 0. The van der Waals surface area contributed by atoms with Gasteiger partial charge in [-0.05, 0) is 289 Å². The Morgan fingerprint density at radius 3 is 1.31 bits per heavy atom. The Kier molecular flexibility index (Phi) is 27.1.